The van der Waals surface area contributed by atoms with Gasteiger partial charge in [-0.3, -0.25) is 4.79 Å². The Balaban J connectivity index is 2.16. The lowest BCUT2D eigenvalue weighted by atomic mass is 10.1. The van der Waals surface area contributed by atoms with Crippen molar-refractivity contribution < 1.29 is 13.2 Å². The van der Waals surface area contributed by atoms with Crippen LogP contribution in [0.1, 0.15) is 11.6 Å². The van der Waals surface area contributed by atoms with E-state index in [0.717, 1.165) is 0 Å². The van der Waals surface area contributed by atoms with E-state index in [1.807, 2.05) is 4.72 Å². The van der Waals surface area contributed by atoms with Gasteiger partial charge in [-0.1, -0.05) is 48.5 Å². The van der Waals surface area contributed by atoms with Gasteiger partial charge in [0.1, 0.15) is 6.04 Å². The van der Waals surface area contributed by atoms with Crippen LogP contribution in [0, 0.1) is 0 Å². The fourth-order valence-electron chi connectivity index (χ4n) is 1.67. The lowest BCUT2D eigenvalue weighted by molar-refractivity contribution is -0.120. The molecular formula is C14H14N2O3S. The summed E-state index contributed by atoms with van der Waals surface area (Å²) < 4.78 is 26.0. The van der Waals surface area contributed by atoms with E-state index >= 15 is 0 Å². The van der Waals surface area contributed by atoms with Gasteiger partial charge in [-0.2, -0.15) is 0 Å². The second-order valence-electron chi connectivity index (χ2n) is 4.17. The minimum absolute atomic E-state index is 0.0219. The van der Waals surface area contributed by atoms with Crippen molar-refractivity contribution in [3.05, 3.63) is 66.2 Å². The van der Waals surface area contributed by atoms with Crippen LogP contribution in [0.2, 0.25) is 0 Å². The number of nitrogens with two attached hydrogens (primary N) is 1. The number of benzene rings is 2. The first-order valence-electron chi connectivity index (χ1n) is 5.93. The Hall–Kier alpha value is -2.18. The highest BCUT2D eigenvalue weighted by atomic mass is 32.2. The van der Waals surface area contributed by atoms with Crippen molar-refractivity contribution in [3.8, 4) is 0 Å². The summed E-state index contributed by atoms with van der Waals surface area (Å²) in [6.07, 6.45) is 0. The first-order chi connectivity index (χ1) is 9.50. The molecule has 0 aliphatic rings. The SMILES string of the molecule is N[C@H](C(=O)NS(=O)(=O)c1ccccc1)c1ccccc1. The molecule has 0 spiro atoms. The minimum atomic E-state index is -3.89. The van der Waals surface area contributed by atoms with Gasteiger partial charge in [0.15, 0.2) is 0 Å². The number of sulfonamides is 1. The fourth-order valence-corrected chi connectivity index (χ4v) is 2.69. The zero-order valence-electron chi connectivity index (χ0n) is 10.6. The molecule has 2 aromatic rings. The second kappa shape index (κ2) is 5.85. The molecule has 20 heavy (non-hydrogen) atoms. The van der Waals surface area contributed by atoms with Crippen molar-refractivity contribution in [2.24, 2.45) is 5.73 Å². The monoisotopic (exact) mass is 290 g/mol. The van der Waals surface area contributed by atoms with Gasteiger partial charge in [0.05, 0.1) is 4.90 Å². The molecule has 104 valence electrons. The Kier molecular flexibility index (Phi) is 4.16. The fraction of sp³-hybridized carbons (Fsp3) is 0.0714. The maximum absolute atomic E-state index is 12.0. The molecule has 5 nitrogen and oxygen atoms in total. The summed E-state index contributed by atoms with van der Waals surface area (Å²) in [5, 5.41) is 0. The van der Waals surface area contributed by atoms with Gasteiger partial charge >= 0.3 is 0 Å². The first-order valence-corrected chi connectivity index (χ1v) is 7.41. The number of hydrogen-bond donors (Lipinski definition) is 2. The van der Waals surface area contributed by atoms with Crippen LogP contribution in [-0.2, 0) is 14.8 Å². The number of carbonyl (C=O) groups is 1. The highest BCUT2D eigenvalue weighted by molar-refractivity contribution is 7.90. The quantitative estimate of drug-likeness (QED) is 0.885. The van der Waals surface area contributed by atoms with Crippen molar-refractivity contribution >= 4 is 15.9 Å². The third-order valence-corrected chi connectivity index (χ3v) is 4.09. The molecule has 0 aliphatic carbocycles. The van der Waals surface area contributed by atoms with Crippen LogP contribution in [0.5, 0.6) is 0 Å². The predicted octanol–water partition coefficient (Wildman–Crippen LogP) is 1.19. The maximum atomic E-state index is 12.0. The molecule has 6 heteroatoms. The number of hydrogen-bond acceptors (Lipinski definition) is 4. The molecule has 0 unspecified atom stereocenters. The zero-order chi connectivity index (χ0) is 14.6. The smallest absolute Gasteiger partial charge is 0.264 e. The first kappa shape index (κ1) is 14.2. The van der Waals surface area contributed by atoms with Crippen molar-refractivity contribution in [2.45, 2.75) is 10.9 Å². The molecule has 0 fully saturated rings. The minimum Gasteiger partial charge on any atom is -0.316 e. The van der Waals surface area contributed by atoms with Crippen LogP contribution >= 0.6 is 0 Å². The van der Waals surface area contributed by atoms with E-state index in [2.05, 4.69) is 0 Å². The van der Waals surface area contributed by atoms with Crippen LogP contribution in [0.3, 0.4) is 0 Å². The van der Waals surface area contributed by atoms with E-state index in [9.17, 15) is 13.2 Å². The van der Waals surface area contributed by atoms with Crippen molar-refractivity contribution in [3.63, 3.8) is 0 Å². The Labute approximate surface area is 117 Å². The molecule has 0 aromatic heterocycles. The average molecular weight is 290 g/mol. The molecule has 0 radical (unpaired) electrons. The topological polar surface area (TPSA) is 89.3 Å². The number of carbonyl (C=O) groups excluding carboxylic acids is 1. The van der Waals surface area contributed by atoms with E-state index in [-0.39, 0.29) is 4.90 Å². The van der Waals surface area contributed by atoms with Gasteiger partial charge in [-0.15, -0.1) is 0 Å². The molecular weight excluding hydrogens is 276 g/mol. The van der Waals surface area contributed by atoms with Gasteiger partial charge < -0.3 is 5.73 Å². The number of nitrogens with one attached hydrogen (secondary N) is 1. The largest absolute Gasteiger partial charge is 0.316 e. The average Bonchev–Trinajstić information content (AvgIpc) is 2.48. The maximum Gasteiger partial charge on any atom is 0.264 e. The standard InChI is InChI=1S/C14H14N2O3S/c15-13(11-7-3-1-4-8-11)14(17)16-20(18,19)12-9-5-2-6-10-12/h1-10,13H,15H2,(H,16,17)/t13-/m0/s1. The van der Waals surface area contributed by atoms with Gasteiger partial charge in [-0.25, -0.2) is 13.1 Å². The third kappa shape index (κ3) is 3.23. The molecule has 0 saturated carbocycles. The van der Waals surface area contributed by atoms with Crippen LogP contribution in [-0.4, -0.2) is 14.3 Å². The highest BCUT2D eigenvalue weighted by Crippen LogP contribution is 2.12. The normalized spacial score (nSPS) is 12.7. The molecule has 1 atom stereocenters. The number of rotatable bonds is 4. The van der Waals surface area contributed by atoms with Gasteiger partial charge in [-0.05, 0) is 17.7 Å². The molecule has 2 aromatic carbocycles. The van der Waals surface area contributed by atoms with E-state index in [0.29, 0.717) is 5.56 Å². The van der Waals surface area contributed by atoms with Gasteiger partial charge in [0.2, 0.25) is 0 Å². The Morgan fingerprint density at radius 2 is 1.45 bits per heavy atom. The van der Waals surface area contributed by atoms with Crippen LogP contribution < -0.4 is 10.5 Å². The van der Waals surface area contributed by atoms with Crippen LogP contribution in [0.25, 0.3) is 0 Å². The molecule has 0 bridgehead atoms. The highest BCUT2D eigenvalue weighted by Gasteiger charge is 2.22. The molecule has 2 rings (SSSR count). The Bertz CT molecular complexity index is 685. The molecule has 3 N–H and O–H groups in total. The summed E-state index contributed by atoms with van der Waals surface area (Å²) in [7, 11) is -3.89. The molecule has 0 heterocycles. The lowest BCUT2D eigenvalue weighted by Gasteiger charge is -2.12. The van der Waals surface area contributed by atoms with E-state index in [1.165, 1.54) is 12.1 Å². The van der Waals surface area contributed by atoms with E-state index in [1.54, 1.807) is 48.5 Å². The van der Waals surface area contributed by atoms with E-state index < -0.39 is 22.0 Å². The molecule has 1 amide bonds. The van der Waals surface area contributed by atoms with Gasteiger partial charge in [0, 0.05) is 0 Å². The van der Waals surface area contributed by atoms with Crippen LogP contribution in [0.15, 0.2) is 65.6 Å². The van der Waals surface area contributed by atoms with Crippen molar-refractivity contribution in [1.82, 2.24) is 4.72 Å². The summed E-state index contributed by atoms with van der Waals surface area (Å²) in [6, 6.07) is 15.2. The molecule has 0 aliphatic heterocycles. The second-order valence-corrected chi connectivity index (χ2v) is 5.85. The lowest BCUT2D eigenvalue weighted by Crippen LogP contribution is -2.38. The van der Waals surface area contributed by atoms with E-state index in [4.69, 9.17) is 5.73 Å². The third-order valence-electron chi connectivity index (χ3n) is 2.73. The summed E-state index contributed by atoms with van der Waals surface area (Å²) in [6.45, 7) is 0. The summed E-state index contributed by atoms with van der Waals surface area (Å²) in [5.74, 6) is -0.764. The van der Waals surface area contributed by atoms with Gasteiger partial charge in [0.25, 0.3) is 15.9 Å². The summed E-state index contributed by atoms with van der Waals surface area (Å²) >= 11 is 0. The number of amides is 1. The zero-order valence-corrected chi connectivity index (χ0v) is 11.4. The predicted molar refractivity (Wildman–Crippen MR) is 75.1 cm³/mol. The summed E-state index contributed by atoms with van der Waals surface area (Å²) in [5.41, 5.74) is 6.30. The molecule has 0 saturated heterocycles. The van der Waals surface area contributed by atoms with Crippen molar-refractivity contribution in [2.75, 3.05) is 0 Å². The Morgan fingerprint density at radius 1 is 0.950 bits per heavy atom. The summed E-state index contributed by atoms with van der Waals surface area (Å²) in [4.78, 5) is 11.9. The van der Waals surface area contributed by atoms with Crippen LogP contribution in [0.4, 0.5) is 0 Å². The Morgan fingerprint density at radius 3 is 2.00 bits per heavy atom. The van der Waals surface area contributed by atoms with Crippen molar-refractivity contribution in [1.29, 1.82) is 0 Å².